The number of nitrogens with zero attached hydrogens (tertiary/aromatic N) is 4. The normalized spacial score (nSPS) is 14.4. The molecule has 1 amide bonds. The number of carboxylic acids is 1. The number of aromatic carboxylic acids is 1. The van der Waals surface area contributed by atoms with Crippen LogP contribution in [0.1, 0.15) is 61.6 Å². The van der Waals surface area contributed by atoms with Crippen LogP contribution in [0.15, 0.2) is 53.5 Å². The van der Waals surface area contributed by atoms with Gasteiger partial charge in [-0.2, -0.15) is 0 Å². The highest BCUT2D eigenvalue weighted by atomic mass is 35.5. The van der Waals surface area contributed by atoms with Crippen LogP contribution < -0.4 is 5.32 Å². The molecular formula is C27H24ClN5O3S. The standard InChI is InChI=1S/C27H24ClN5O3S/c1-14-15(2)37-26-23(14)24(18-8-10-20(28)11-9-18)30-21(25-32-31-16(3)33(25)26)12-22(34)29-13-17-4-6-19(7-5-17)27(35)36/h4-11,21H,12-13H2,1-3H3,(H,29,34)(H,35,36)/t21-/m0/s1. The van der Waals surface area contributed by atoms with E-state index in [1.807, 2.05) is 35.8 Å². The van der Waals surface area contributed by atoms with Gasteiger partial charge in [-0.05, 0) is 56.2 Å². The number of aryl methyl sites for hydroxylation is 2. The number of fused-ring (bicyclic) bond motifs is 3. The van der Waals surface area contributed by atoms with E-state index in [1.54, 1.807) is 23.5 Å². The van der Waals surface area contributed by atoms with Crippen LogP contribution in [0.4, 0.5) is 0 Å². The zero-order chi connectivity index (χ0) is 26.3. The first-order chi connectivity index (χ1) is 17.7. The summed E-state index contributed by atoms with van der Waals surface area (Å²) in [5.74, 6) is 0.160. The number of carbonyl (C=O) groups excluding carboxylic acids is 1. The molecule has 0 aliphatic carbocycles. The van der Waals surface area contributed by atoms with Crippen molar-refractivity contribution in [1.82, 2.24) is 20.1 Å². The second-order valence-electron chi connectivity index (χ2n) is 8.89. The van der Waals surface area contributed by atoms with Crippen molar-refractivity contribution in [3.63, 3.8) is 0 Å². The molecule has 0 saturated heterocycles. The van der Waals surface area contributed by atoms with E-state index in [0.717, 1.165) is 38.8 Å². The van der Waals surface area contributed by atoms with E-state index in [-0.39, 0.29) is 24.4 Å². The first-order valence-corrected chi connectivity index (χ1v) is 12.9. The Hall–Kier alpha value is -3.82. The van der Waals surface area contributed by atoms with Crippen molar-refractivity contribution in [2.24, 2.45) is 4.99 Å². The largest absolute Gasteiger partial charge is 0.478 e. The lowest BCUT2D eigenvalue weighted by Gasteiger charge is -2.13. The van der Waals surface area contributed by atoms with Crippen LogP contribution in [0.25, 0.3) is 5.00 Å². The van der Waals surface area contributed by atoms with Crippen LogP contribution in [-0.4, -0.2) is 37.5 Å². The van der Waals surface area contributed by atoms with Gasteiger partial charge in [0.1, 0.15) is 16.9 Å². The molecule has 37 heavy (non-hydrogen) atoms. The summed E-state index contributed by atoms with van der Waals surface area (Å²) in [6.45, 7) is 6.34. The number of aliphatic imine (C=N–C) groups is 1. The summed E-state index contributed by atoms with van der Waals surface area (Å²) in [4.78, 5) is 30.4. The minimum atomic E-state index is -0.989. The fourth-order valence-electron chi connectivity index (χ4n) is 4.35. The van der Waals surface area contributed by atoms with Crippen molar-refractivity contribution in [3.05, 3.63) is 97.9 Å². The van der Waals surface area contributed by atoms with E-state index in [9.17, 15) is 9.59 Å². The molecule has 8 nitrogen and oxygen atoms in total. The van der Waals surface area contributed by atoms with E-state index in [4.69, 9.17) is 21.7 Å². The quantitative estimate of drug-likeness (QED) is 0.354. The Balaban J connectivity index is 1.49. The molecule has 3 heterocycles. The number of benzene rings is 2. The van der Waals surface area contributed by atoms with Gasteiger partial charge in [0.2, 0.25) is 5.91 Å². The van der Waals surface area contributed by atoms with E-state index < -0.39 is 12.0 Å². The molecule has 2 aromatic carbocycles. The Morgan fingerprint density at radius 2 is 1.76 bits per heavy atom. The molecule has 2 aromatic heterocycles. The van der Waals surface area contributed by atoms with Crippen molar-refractivity contribution in [2.75, 3.05) is 0 Å². The number of nitrogens with one attached hydrogen (secondary N) is 1. The topological polar surface area (TPSA) is 109 Å². The zero-order valence-corrected chi connectivity index (χ0v) is 22.0. The summed E-state index contributed by atoms with van der Waals surface area (Å²) in [5.41, 5.74) is 4.84. The molecule has 0 spiro atoms. The molecule has 0 bridgehead atoms. The number of aromatic nitrogens is 3. The fourth-order valence-corrected chi connectivity index (χ4v) is 5.69. The maximum atomic E-state index is 13.1. The third kappa shape index (κ3) is 4.80. The van der Waals surface area contributed by atoms with E-state index >= 15 is 0 Å². The molecule has 1 aliphatic rings. The molecule has 0 unspecified atom stereocenters. The number of hydrogen-bond acceptors (Lipinski definition) is 6. The summed E-state index contributed by atoms with van der Waals surface area (Å²) in [6, 6.07) is 13.4. The molecule has 10 heteroatoms. The van der Waals surface area contributed by atoms with Gasteiger partial charge in [0.15, 0.2) is 5.82 Å². The van der Waals surface area contributed by atoms with Crippen LogP contribution in [0.5, 0.6) is 0 Å². The monoisotopic (exact) mass is 533 g/mol. The Morgan fingerprint density at radius 3 is 2.43 bits per heavy atom. The molecule has 0 fully saturated rings. The first kappa shape index (κ1) is 24.9. The van der Waals surface area contributed by atoms with Gasteiger partial charge >= 0.3 is 5.97 Å². The minimum absolute atomic E-state index is 0.0788. The van der Waals surface area contributed by atoms with Crippen LogP contribution in [0.3, 0.4) is 0 Å². The van der Waals surface area contributed by atoms with E-state index in [2.05, 4.69) is 29.4 Å². The van der Waals surface area contributed by atoms with Gasteiger partial charge in [0.25, 0.3) is 0 Å². The van der Waals surface area contributed by atoms with Gasteiger partial charge in [0, 0.05) is 27.6 Å². The van der Waals surface area contributed by atoms with Gasteiger partial charge in [-0.1, -0.05) is 35.9 Å². The van der Waals surface area contributed by atoms with Crippen molar-refractivity contribution in [2.45, 2.75) is 39.8 Å². The van der Waals surface area contributed by atoms with Crippen LogP contribution in [0.2, 0.25) is 5.02 Å². The lowest BCUT2D eigenvalue weighted by molar-refractivity contribution is -0.121. The smallest absolute Gasteiger partial charge is 0.335 e. The molecule has 2 N–H and O–H groups in total. The van der Waals surface area contributed by atoms with Crippen LogP contribution in [-0.2, 0) is 11.3 Å². The molecule has 0 radical (unpaired) electrons. The lowest BCUT2D eigenvalue weighted by Crippen LogP contribution is -2.25. The summed E-state index contributed by atoms with van der Waals surface area (Å²) in [6.07, 6.45) is 0.0788. The zero-order valence-electron chi connectivity index (χ0n) is 20.4. The third-order valence-corrected chi connectivity index (χ3v) is 7.87. The Morgan fingerprint density at radius 1 is 1.05 bits per heavy atom. The summed E-state index contributed by atoms with van der Waals surface area (Å²) in [7, 11) is 0. The van der Waals surface area contributed by atoms with E-state index in [1.165, 1.54) is 17.0 Å². The molecule has 5 rings (SSSR count). The van der Waals surface area contributed by atoms with Gasteiger partial charge < -0.3 is 10.4 Å². The van der Waals surface area contributed by atoms with Gasteiger partial charge in [-0.25, -0.2) is 4.79 Å². The highest BCUT2D eigenvalue weighted by Crippen LogP contribution is 2.39. The number of halogens is 1. The second-order valence-corrected chi connectivity index (χ2v) is 10.5. The highest BCUT2D eigenvalue weighted by molar-refractivity contribution is 7.15. The van der Waals surface area contributed by atoms with Gasteiger partial charge in [0.05, 0.1) is 17.7 Å². The number of amides is 1. The third-order valence-electron chi connectivity index (χ3n) is 6.43. The maximum absolute atomic E-state index is 13.1. The number of hydrogen-bond donors (Lipinski definition) is 2. The number of thiophene rings is 1. The van der Waals surface area contributed by atoms with Crippen molar-refractivity contribution >= 4 is 40.5 Å². The molecule has 1 aliphatic heterocycles. The number of carboxylic acid groups (broad SMARTS) is 1. The van der Waals surface area contributed by atoms with Gasteiger partial charge in [-0.3, -0.25) is 14.4 Å². The second kappa shape index (κ2) is 9.91. The molecule has 1 atom stereocenters. The van der Waals surface area contributed by atoms with Gasteiger partial charge in [-0.15, -0.1) is 21.5 Å². The number of rotatable bonds is 6. The predicted molar refractivity (Wildman–Crippen MR) is 143 cm³/mol. The molecule has 4 aromatic rings. The average Bonchev–Trinajstić information content (AvgIpc) is 3.35. The average molecular weight is 534 g/mol. The van der Waals surface area contributed by atoms with Crippen LogP contribution in [0, 0.1) is 20.8 Å². The Kier molecular flexibility index (Phi) is 6.66. The van der Waals surface area contributed by atoms with Crippen molar-refractivity contribution in [3.8, 4) is 5.00 Å². The summed E-state index contributed by atoms with van der Waals surface area (Å²) >= 11 is 7.82. The SMILES string of the molecule is Cc1sc2c(c1C)C(c1ccc(Cl)cc1)=N[C@@H](CC(=O)NCc1ccc(C(=O)O)cc1)c1nnc(C)n1-2. The highest BCUT2D eigenvalue weighted by Gasteiger charge is 2.32. The Bertz CT molecular complexity index is 1540. The molecule has 0 saturated carbocycles. The lowest BCUT2D eigenvalue weighted by atomic mass is 9.99. The van der Waals surface area contributed by atoms with Crippen molar-refractivity contribution in [1.29, 1.82) is 0 Å². The molecule has 188 valence electrons. The van der Waals surface area contributed by atoms with Crippen molar-refractivity contribution < 1.29 is 14.7 Å². The van der Waals surface area contributed by atoms with Crippen LogP contribution >= 0.6 is 22.9 Å². The predicted octanol–water partition coefficient (Wildman–Crippen LogP) is 5.20. The summed E-state index contributed by atoms with van der Waals surface area (Å²) in [5, 5.41) is 22.4. The maximum Gasteiger partial charge on any atom is 0.335 e. The minimum Gasteiger partial charge on any atom is -0.478 e. The van der Waals surface area contributed by atoms with E-state index in [0.29, 0.717) is 10.8 Å². The molecular weight excluding hydrogens is 510 g/mol. The number of carbonyl (C=O) groups is 2. The summed E-state index contributed by atoms with van der Waals surface area (Å²) < 4.78 is 2.01. The fraction of sp³-hybridized carbons (Fsp3) is 0.222. The first-order valence-electron chi connectivity index (χ1n) is 11.7. The Labute approximate surface area is 222 Å².